The van der Waals surface area contributed by atoms with E-state index in [9.17, 15) is 0 Å². The third kappa shape index (κ3) is 4.15. The minimum atomic E-state index is 0.793. The van der Waals surface area contributed by atoms with Crippen LogP contribution in [0.2, 0.25) is 0 Å². The predicted octanol–water partition coefficient (Wildman–Crippen LogP) is 3.41. The molecule has 1 atom stereocenters. The quantitative estimate of drug-likeness (QED) is 0.814. The number of nitrogens with zero attached hydrogens (tertiary/aromatic N) is 3. The van der Waals surface area contributed by atoms with Crippen molar-refractivity contribution in [2.75, 3.05) is 26.7 Å². The van der Waals surface area contributed by atoms with Gasteiger partial charge >= 0.3 is 0 Å². The molecular formula is C18H25N3S. The first-order valence-corrected chi connectivity index (χ1v) is 8.91. The number of hydrogen-bond donors (Lipinski definition) is 0. The second-order valence-corrected chi connectivity index (χ2v) is 7.48. The van der Waals surface area contributed by atoms with Gasteiger partial charge in [0.15, 0.2) is 0 Å². The molecule has 3 rings (SSSR count). The Balaban J connectivity index is 1.45. The minimum absolute atomic E-state index is 0.793. The molecule has 0 saturated carbocycles. The zero-order valence-electron chi connectivity index (χ0n) is 13.5. The van der Waals surface area contributed by atoms with Gasteiger partial charge in [-0.15, -0.1) is 11.3 Å². The molecule has 3 nitrogen and oxygen atoms in total. The Bertz CT molecular complexity index is 581. The Labute approximate surface area is 137 Å². The highest BCUT2D eigenvalue weighted by molar-refractivity contribution is 7.10. The van der Waals surface area contributed by atoms with Crippen molar-refractivity contribution >= 4 is 11.3 Å². The van der Waals surface area contributed by atoms with Gasteiger partial charge in [-0.2, -0.15) is 0 Å². The number of aromatic nitrogens is 1. The fraction of sp³-hybridized carbons (Fsp3) is 0.500. The number of aryl methyl sites for hydroxylation is 1. The second kappa shape index (κ2) is 7.36. The lowest BCUT2D eigenvalue weighted by Gasteiger charge is -2.21. The molecule has 1 aliphatic heterocycles. The van der Waals surface area contributed by atoms with Crippen LogP contribution in [0, 0.1) is 12.8 Å². The molecule has 2 aromatic rings. The monoisotopic (exact) mass is 315 g/mol. The van der Waals surface area contributed by atoms with Gasteiger partial charge in [0.2, 0.25) is 0 Å². The number of rotatable bonds is 6. The first-order chi connectivity index (χ1) is 10.7. The fourth-order valence-corrected chi connectivity index (χ4v) is 4.23. The van der Waals surface area contributed by atoms with Crippen molar-refractivity contribution in [1.29, 1.82) is 0 Å². The predicted molar refractivity (Wildman–Crippen MR) is 93.0 cm³/mol. The van der Waals surface area contributed by atoms with E-state index in [0.717, 1.165) is 19.0 Å². The summed E-state index contributed by atoms with van der Waals surface area (Å²) in [6, 6.07) is 6.41. The van der Waals surface area contributed by atoms with Gasteiger partial charge in [-0.05, 0) is 61.5 Å². The van der Waals surface area contributed by atoms with E-state index in [0.29, 0.717) is 0 Å². The number of pyridine rings is 1. The van der Waals surface area contributed by atoms with Crippen LogP contribution in [-0.2, 0) is 13.1 Å². The summed E-state index contributed by atoms with van der Waals surface area (Å²) in [5, 5.41) is 2.21. The highest BCUT2D eigenvalue weighted by Crippen LogP contribution is 2.23. The Hall–Kier alpha value is -1.23. The number of hydrogen-bond acceptors (Lipinski definition) is 4. The molecule has 22 heavy (non-hydrogen) atoms. The van der Waals surface area contributed by atoms with Crippen LogP contribution in [0.25, 0.3) is 0 Å². The van der Waals surface area contributed by atoms with Crippen LogP contribution in [0.15, 0.2) is 36.0 Å². The van der Waals surface area contributed by atoms with Crippen molar-refractivity contribution in [2.24, 2.45) is 5.92 Å². The summed E-state index contributed by atoms with van der Waals surface area (Å²) in [7, 11) is 2.22. The molecule has 4 heteroatoms. The molecule has 1 saturated heterocycles. The summed E-state index contributed by atoms with van der Waals surface area (Å²) >= 11 is 1.89. The SMILES string of the molecule is Cc1ccsc1CN1CC[C@H](CN(C)Cc2cccnc2)C1. The lowest BCUT2D eigenvalue weighted by Crippen LogP contribution is -2.28. The maximum atomic E-state index is 4.20. The number of thiophene rings is 1. The summed E-state index contributed by atoms with van der Waals surface area (Å²) in [4.78, 5) is 10.8. The molecule has 3 heterocycles. The third-order valence-electron chi connectivity index (χ3n) is 4.45. The summed E-state index contributed by atoms with van der Waals surface area (Å²) < 4.78 is 0. The second-order valence-electron chi connectivity index (χ2n) is 6.47. The van der Waals surface area contributed by atoms with Crippen molar-refractivity contribution in [1.82, 2.24) is 14.8 Å². The first-order valence-electron chi connectivity index (χ1n) is 8.03. The van der Waals surface area contributed by atoms with Crippen LogP contribution in [0.4, 0.5) is 0 Å². The lowest BCUT2D eigenvalue weighted by atomic mass is 10.1. The van der Waals surface area contributed by atoms with Crippen molar-refractivity contribution in [2.45, 2.75) is 26.4 Å². The van der Waals surface area contributed by atoms with Crippen molar-refractivity contribution in [3.8, 4) is 0 Å². The van der Waals surface area contributed by atoms with E-state index < -0.39 is 0 Å². The summed E-state index contributed by atoms with van der Waals surface area (Å²) in [6.07, 6.45) is 5.13. The van der Waals surface area contributed by atoms with E-state index in [1.54, 1.807) is 0 Å². The van der Waals surface area contributed by atoms with Gasteiger partial charge in [-0.1, -0.05) is 6.07 Å². The fourth-order valence-electron chi connectivity index (χ4n) is 3.28. The number of likely N-dealkylation sites (tertiary alicyclic amines) is 1. The normalized spacial score (nSPS) is 19.1. The molecule has 0 aliphatic carbocycles. The molecule has 0 unspecified atom stereocenters. The molecule has 0 radical (unpaired) electrons. The molecular weight excluding hydrogens is 290 g/mol. The summed E-state index contributed by atoms with van der Waals surface area (Å²) in [5.41, 5.74) is 2.75. The van der Waals surface area contributed by atoms with Gasteiger partial charge < -0.3 is 4.90 Å². The molecule has 2 aromatic heterocycles. The Kier molecular flexibility index (Phi) is 5.24. The molecule has 1 aliphatic rings. The Morgan fingerprint density at radius 3 is 3.05 bits per heavy atom. The maximum Gasteiger partial charge on any atom is 0.0330 e. The zero-order valence-corrected chi connectivity index (χ0v) is 14.4. The van der Waals surface area contributed by atoms with E-state index in [-0.39, 0.29) is 0 Å². The average Bonchev–Trinajstić information content (AvgIpc) is 3.10. The smallest absolute Gasteiger partial charge is 0.0330 e. The average molecular weight is 315 g/mol. The van der Waals surface area contributed by atoms with Crippen LogP contribution in [0.3, 0.4) is 0 Å². The lowest BCUT2D eigenvalue weighted by molar-refractivity contribution is 0.255. The largest absolute Gasteiger partial charge is 0.302 e. The van der Waals surface area contributed by atoms with Crippen LogP contribution < -0.4 is 0 Å². The van der Waals surface area contributed by atoms with Crippen LogP contribution >= 0.6 is 11.3 Å². The van der Waals surface area contributed by atoms with Crippen molar-refractivity contribution in [3.63, 3.8) is 0 Å². The topological polar surface area (TPSA) is 19.4 Å². The van der Waals surface area contributed by atoms with Gasteiger partial charge in [0.05, 0.1) is 0 Å². The van der Waals surface area contributed by atoms with Gasteiger partial charge in [0, 0.05) is 43.4 Å². The van der Waals surface area contributed by atoms with Gasteiger partial charge in [-0.25, -0.2) is 0 Å². The van der Waals surface area contributed by atoms with E-state index in [4.69, 9.17) is 0 Å². The third-order valence-corrected chi connectivity index (χ3v) is 5.46. The van der Waals surface area contributed by atoms with Crippen molar-refractivity contribution < 1.29 is 0 Å². The molecule has 0 spiro atoms. The molecule has 0 amide bonds. The van der Waals surface area contributed by atoms with Crippen LogP contribution in [0.1, 0.15) is 22.4 Å². The van der Waals surface area contributed by atoms with E-state index in [1.165, 1.54) is 42.1 Å². The van der Waals surface area contributed by atoms with Gasteiger partial charge in [0.1, 0.15) is 0 Å². The van der Waals surface area contributed by atoms with E-state index in [1.807, 2.05) is 29.8 Å². The summed E-state index contributed by atoms with van der Waals surface area (Å²) in [5.74, 6) is 0.793. The molecule has 0 aromatic carbocycles. The Morgan fingerprint density at radius 2 is 2.32 bits per heavy atom. The maximum absolute atomic E-state index is 4.20. The van der Waals surface area contributed by atoms with E-state index >= 15 is 0 Å². The molecule has 0 N–H and O–H groups in total. The Morgan fingerprint density at radius 1 is 1.41 bits per heavy atom. The van der Waals surface area contributed by atoms with Crippen LogP contribution in [-0.4, -0.2) is 41.5 Å². The van der Waals surface area contributed by atoms with Gasteiger partial charge in [0.25, 0.3) is 0 Å². The highest BCUT2D eigenvalue weighted by atomic mass is 32.1. The minimum Gasteiger partial charge on any atom is -0.302 e. The molecule has 1 fully saturated rings. The van der Waals surface area contributed by atoms with Gasteiger partial charge in [-0.3, -0.25) is 9.88 Å². The standard InChI is InChI=1S/C18H25N3S/c1-15-6-9-22-18(15)14-21-8-5-17(13-21)12-20(2)11-16-4-3-7-19-10-16/h3-4,6-7,9-10,17H,5,8,11-14H2,1-2H3/t17-/m1/s1. The first kappa shape index (κ1) is 15.7. The zero-order chi connectivity index (χ0) is 15.4. The molecule has 0 bridgehead atoms. The van der Waals surface area contributed by atoms with Crippen molar-refractivity contribution in [3.05, 3.63) is 52.0 Å². The van der Waals surface area contributed by atoms with Crippen LogP contribution in [0.5, 0.6) is 0 Å². The highest BCUT2D eigenvalue weighted by Gasteiger charge is 2.24. The van der Waals surface area contributed by atoms with E-state index in [2.05, 4.69) is 46.3 Å². The summed E-state index contributed by atoms with van der Waals surface area (Å²) in [6.45, 7) is 7.99. The molecule has 118 valence electrons.